The predicted octanol–water partition coefficient (Wildman–Crippen LogP) is 2.90. The molecular formula is C27H34N6O3. The van der Waals surface area contributed by atoms with Crippen LogP contribution in [0.4, 0.5) is 0 Å². The van der Waals surface area contributed by atoms with Crippen LogP contribution >= 0.6 is 0 Å². The van der Waals surface area contributed by atoms with Gasteiger partial charge in [0.15, 0.2) is 5.69 Å². The summed E-state index contributed by atoms with van der Waals surface area (Å²) in [5, 5.41) is 8.42. The SMILES string of the molecule is CC(C)Cn1nc(C(=O)NC2CCCC2)c2c1CCN(C(=O)CCn1cnc3ccccc3c1=O)C2. The van der Waals surface area contributed by atoms with Crippen LogP contribution in [0.1, 0.15) is 67.7 Å². The van der Waals surface area contributed by atoms with Gasteiger partial charge in [-0.05, 0) is 30.9 Å². The molecule has 1 aliphatic carbocycles. The quantitative estimate of drug-likeness (QED) is 0.549. The maximum atomic E-state index is 13.2. The van der Waals surface area contributed by atoms with Crippen LogP contribution in [0.15, 0.2) is 35.4 Å². The maximum absolute atomic E-state index is 13.2. The van der Waals surface area contributed by atoms with Crippen molar-refractivity contribution in [2.75, 3.05) is 6.54 Å². The Morgan fingerprint density at radius 3 is 2.72 bits per heavy atom. The molecule has 0 radical (unpaired) electrons. The molecule has 190 valence electrons. The van der Waals surface area contributed by atoms with Crippen molar-refractivity contribution in [2.45, 2.75) is 78.0 Å². The fourth-order valence-corrected chi connectivity index (χ4v) is 5.35. The molecule has 1 N–H and O–H groups in total. The first-order valence-electron chi connectivity index (χ1n) is 13.0. The highest BCUT2D eigenvalue weighted by Gasteiger charge is 2.31. The minimum Gasteiger partial charge on any atom is -0.348 e. The van der Waals surface area contributed by atoms with E-state index < -0.39 is 0 Å². The van der Waals surface area contributed by atoms with Gasteiger partial charge in [0.25, 0.3) is 11.5 Å². The lowest BCUT2D eigenvalue weighted by atomic mass is 10.0. The molecule has 2 aromatic heterocycles. The standard InChI is InChI=1S/C27H34N6O3/c1-18(2)15-33-23-11-13-31(16-21(23)25(30-33)26(35)29-19-7-3-4-8-19)24(34)12-14-32-17-28-22-10-6-5-9-20(22)27(32)36/h5-6,9-10,17-19H,3-4,7-8,11-16H2,1-2H3,(H,29,35). The summed E-state index contributed by atoms with van der Waals surface area (Å²) in [6, 6.07) is 7.42. The van der Waals surface area contributed by atoms with Crippen molar-refractivity contribution in [3.05, 3.63) is 57.9 Å². The van der Waals surface area contributed by atoms with E-state index in [0.29, 0.717) is 42.0 Å². The number of carbonyl (C=O) groups is 2. The average Bonchev–Trinajstić information content (AvgIpc) is 3.51. The highest BCUT2D eigenvalue weighted by atomic mass is 16.2. The van der Waals surface area contributed by atoms with E-state index in [1.165, 1.54) is 10.9 Å². The molecule has 2 amide bonds. The van der Waals surface area contributed by atoms with Crippen molar-refractivity contribution in [3.8, 4) is 0 Å². The van der Waals surface area contributed by atoms with Gasteiger partial charge in [-0.2, -0.15) is 5.10 Å². The second-order valence-electron chi connectivity index (χ2n) is 10.4. The van der Waals surface area contributed by atoms with Gasteiger partial charge in [0.05, 0.1) is 17.2 Å². The zero-order valence-electron chi connectivity index (χ0n) is 21.1. The fraction of sp³-hybridized carbons (Fsp3) is 0.519. The number of nitrogens with zero attached hydrogens (tertiary/aromatic N) is 5. The number of rotatable bonds is 7. The van der Waals surface area contributed by atoms with E-state index in [1.807, 2.05) is 16.8 Å². The van der Waals surface area contributed by atoms with E-state index in [-0.39, 0.29) is 36.4 Å². The summed E-state index contributed by atoms with van der Waals surface area (Å²) >= 11 is 0. The van der Waals surface area contributed by atoms with Gasteiger partial charge < -0.3 is 10.2 Å². The van der Waals surface area contributed by atoms with Gasteiger partial charge in [-0.25, -0.2) is 4.98 Å². The van der Waals surface area contributed by atoms with Crippen LogP contribution < -0.4 is 10.9 Å². The van der Waals surface area contributed by atoms with E-state index in [9.17, 15) is 14.4 Å². The third-order valence-corrected chi connectivity index (χ3v) is 7.23. The molecule has 36 heavy (non-hydrogen) atoms. The molecule has 3 heterocycles. The number of aryl methyl sites for hydroxylation is 1. The number of aromatic nitrogens is 4. The Balaban J connectivity index is 1.31. The lowest BCUT2D eigenvalue weighted by Gasteiger charge is -2.28. The summed E-state index contributed by atoms with van der Waals surface area (Å²) < 4.78 is 3.46. The molecule has 1 aromatic carbocycles. The summed E-state index contributed by atoms with van der Waals surface area (Å²) in [5.41, 5.74) is 2.87. The van der Waals surface area contributed by atoms with Gasteiger partial charge in [0.2, 0.25) is 5.91 Å². The molecule has 1 fully saturated rings. The Morgan fingerprint density at radius 2 is 1.94 bits per heavy atom. The first kappa shape index (κ1) is 24.2. The Morgan fingerprint density at radius 1 is 1.17 bits per heavy atom. The van der Waals surface area contributed by atoms with Gasteiger partial charge in [0.1, 0.15) is 0 Å². The van der Waals surface area contributed by atoms with Crippen LogP contribution in [0.3, 0.4) is 0 Å². The smallest absolute Gasteiger partial charge is 0.272 e. The number of amides is 2. The van der Waals surface area contributed by atoms with Crippen LogP contribution in [0.5, 0.6) is 0 Å². The molecule has 0 saturated heterocycles. The van der Waals surface area contributed by atoms with Crippen molar-refractivity contribution in [3.63, 3.8) is 0 Å². The van der Waals surface area contributed by atoms with Crippen molar-refractivity contribution in [2.24, 2.45) is 5.92 Å². The van der Waals surface area contributed by atoms with E-state index in [2.05, 4.69) is 24.1 Å². The molecule has 0 spiro atoms. The molecule has 5 rings (SSSR count). The van der Waals surface area contributed by atoms with Crippen LogP contribution in [-0.4, -0.2) is 48.6 Å². The first-order valence-corrected chi connectivity index (χ1v) is 13.0. The molecule has 0 unspecified atom stereocenters. The number of para-hydroxylation sites is 1. The minimum atomic E-state index is -0.143. The fourth-order valence-electron chi connectivity index (χ4n) is 5.35. The second kappa shape index (κ2) is 10.2. The summed E-state index contributed by atoms with van der Waals surface area (Å²) in [4.78, 5) is 45.2. The number of carbonyl (C=O) groups excluding carboxylic acids is 2. The third-order valence-electron chi connectivity index (χ3n) is 7.23. The molecule has 0 bridgehead atoms. The van der Waals surface area contributed by atoms with E-state index in [0.717, 1.165) is 43.5 Å². The zero-order valence-corrected chi connectivity index (χ0v) is 21.1. The van der Waals surface area contributed by atoms with Crippen LogP contribution in [0, 0.1) is 5.92 Å². The largest absolute Gasteiger partial charge is 0.348 e. The highest BCUT2D eigenvalue weighted by molar-refractivity contribution is 5.94. The van der Waals surface area contributed by atoms with Gasteiger partial charge >= 0.3 is 0 Å². The van der Waals surface area contributed by atoms with Crippen LogP contribution in [0.25, 0.3) is 10.9 Å². The summed E-state index contributed by atoms with van der Waals surface area (Å²) in [5.74, 6) is 0.219. The number of hydrogen-bond acceptors (Lipinski definition) is 5. The van der Waals surface area contributed by atoms with Crippen LogP contribution in [0.2, 0.25) is 0 Å². The van der Waals surface area contributed by atoms with Crippen molar-refractivity contribution in [1.29, 1.82) is 0 Å². The second-order valence-corrected chi connectivity index (χ2v) is 10.4. The van der Waals surface area contributed by atoms with E-state index in [1.54, 1.807) is 17.0 Å². The monoisotopic (exact) mass is 490 g/mol. The van der Waals surface area contributed by atoms with Crippen molar-refractivity contribution in [1.82, 2.24) is 29.5 Å². The molecule has 9 nitrogen and oxygen atoms in total. The lowest BCUT2D eigenvalue weighted by Crippen LogP contribution is -2.38. The molecular weight excluding hydrogens is 456 g/mol. The molecule has 2 aliphatic rings. The number of benzene rings is 1. The molecule has 3 aromatic rings. The van der Waals surface area contributed by atoms with E-state index >= 15 is 0 Å². The minimum absolute atomic E-state index is 0.0422. The lowest BCUT2D eigenvalue weighted by molar-refractivity contribution is -0.132. The highest BCUT2D eigenvalue weighted by Crippen LogP contribution is 2.25. The molecule has 0 atom stereocenters. The van der Waals surface area contributed by atoms with Gasteiger partial charge in [0, 0.05) is 56.3 Å². The number of fused-ring (bicyclic) bond motifs is 2. The summed E-state index contributed by atoms with van der Waals surface area (Å²) in [6.07, 6.45) is 6.66. The normalized spacial score (nSPS) is 16.0. The Hall–Kier alpha value is -3.49. The Bertz CT molecular complexity index is 1340. The molecule has 9 heteroatoms. The molecule has 1 saturated carbocycles. The Labute approximate surface area is 210 Å². The first-order chi connectivity index (χ1) is 17.4. The summed E-state index contributed by atoms with van der Waals surface area (Å²) in [6.45, 7) is 6.21. The predicted molar refractivity (Wildman–Crippen MR) is 137 cm³/mol. The summed E-state index contributed by atoms with van der Waals surface area (Å²) in [7, 11) is 0. The number of hydrogen-bond donors (Lipinski definition) is 1. The number of nitrogens with one attached hydrogen (secondary N) is 1. The Kier molecular flexibility index (Phi) is 6.89. The van der Waals surface area contributed by atoms with Gasteiger partial charge in [-0.15, -0.1) is 0 Å². The van der Waals surface area contributed by atoms with Crippen molar-refractivity contribution < 1.29 is 9.59 Å². The van der Waals surface area contributed by atoms with Crippen LogP contribution in [-0.2, 0) is 30.8 Å². The van der Waals surface area contributed by atoms with E-state index in [4.69, 9.17) is 5.10 Å². The van der Waals surface area contributed by atoms with Gasteiger partial charge in [-0.3, -0.25) is 23.6 Å². The maximum Gasteiger partial charge on any atom is 0.272 e. The third kappa shape index (κ3) is 4.92. The zero-order chi connectivity index (χ0) is 25.2. The molecule has 1 aliphatic heterocycles. The topological polar surface area (TPSA) is 102 Å². The van der Waals surface area contributed by atoms with Crippen molar-refractivity contribution >= 4 is 22.7 Å². The van der Waals surface area contributed by atoms with Gasteiger partial charge in [-0.1, -0.05) is 38.8 Å². The average molecular weight is 491 g/mol.